The minimum Gasteiger partial charge on any atom is -0.488 e. The Morgan fingerprint density at radius 1 is 1.05 bits per heavy atom. The Labute approximate surface area is 137 Å². The van der Waals surface area contributed by atoms with Crippen LogP contribution in [0.5, 0.6) is 5.75 Å². The van der Waals surface area contributed by atoms with Crippen LogP contribution in [0.25, 0.3) is 10.4 Å². The molecule has 0 aliphatic carbocycles. The highest BCUT2D eigenvalue weighted by molar-refractivity contribution is 9.10. The molecular weight excluding hydrogens is 356 g/mol. The molecule has 0 aliphatic heterocycles. The molecule has 0 atom stereocenters. The van der Waals surface area contributed by atoms with Crippen molar-refractivity contribution in [2.24, 2.45) is 5.11 Å². The maximum atomic E-state index is 8.06. The normalized spacial score (nSPS) is 10.2. The highest BCUT2D eigenvalue weighted by Gasteiger charge is 1.99. The fourth-order valence-corrected chi connectivity index (χ4v) is 1.75. The van der Waals surface area contributed by atoms with E-state index in [9.17, 15) is 0 Å². The summed E-state index contributed by atoms with van der Waals surface area (Å²) in [6.45, 7) is 3.63. The van der Waals surface area contributed by atoms with E-state index in [0.29, 0.717) is 63.1 Å². The lowest BCUT2D eigenvalue weighted by Gasteiger charge is -2.08. The Kier molecular flexibility index (Phi) is 11.3. The maximum Gasteiger partial charge on any atom is 0.152 e. The topological polar surface area (TPSA) is 98.6 Å². The van der Waals surface area contributed by atoms with Gasteiger partial charge in [0, 0.05) is 17.7 Å². The number of nitrogens with zero attached hydrogens (tertiary/aromatic N) is 4. The van der Waals surface area contributed by atoms with Crippen LogP contribution in [0, 0.1) is 0 Å². The molecule has 0 amide bonds. The summed E-state index contributed by atoms with van der Waals surface area (Å²) in [6.07, 6.45) is 1.69. The van der Waals surface area contributed by atoms with Gasteiger partial charge in [-0.1, -0.05) is 5.11 Å². The van der Waals surface area contributed by atoms with E-state index in [4.69, 9.17) is 24.5 Å². The largest absolute Gasteiger partial charge is 0.488 e. The number of pyridine rings is 1. The van der Waals surface area contributed by atoms with Crippen LogP contribution in [0.3, 0.4) is 0 Å². The molecule has 8 nitrogen and oxygen atoms in total. The lowest BCUT2D eigenvalue weighted by molar-refractivity contribution is 0.0105. The molecule has 9 heteroatoms. The minimum absolute atomic E-state index is 0.340. The third-order valence-electron chi connectivity index (χ3n) is 2.35. The Morgan fingerprint density at radius 3 is 2.32 bits per heavy atom. The van der Waals surface area contributed by atoms with Crippen LogP contribution in [-0.2, 0) is 14.2 Å². The van der Waals surface area contributed by atoms with E-state index in [0.717, 1.165) is 0 Å². The molecule has 22 heavy (non-hydrogen) atoms. The first kappa shape index (κ1) is 18.7. The smallest absolute Gasteiger partial charge is 0.152 e. The van der Waals surface area contributed by atoms with Crippen LogP contribution < -0.4 is 4.74 Å². The zero-order valence-electron chi connectivity index (χ0n) is 12.2. The molecule has 1 heterocycles. The molecule has 1 aromatic heterocycles. The second kappa shape index (κ2) is 13.3. The molecule has 0 saturated carbocycles. The van der Waals surface area contributed by atoms with Crippen LogP contribution in [0.2, 0.25) is 0 Å². The monoisotopic (exact) mass is 374 g/mol. The second-order valence-electron chi connectivity index (χ2n) is 3.93. The summed E-state index contributed by atoms with van der Waals surface area (Å²) in [7, 11) is 0. The Morgan fingerprint density at radius 2 is 1.68 bits per heavy atom. The van der Waals surface area contributed by atoms with Gasteiger partial charge in [-0.15, -0.1) is 0 Å². The van der Waals surface area contributed by atoms with E-state index in [1.54, 1.807) is 6.20 Å². The zero-order valence-corrected chi connectivity index (χ0v) is 13.8. The number of rotatable bonds is 13. The Balaban J connectivity index is 1.84. The lowest BCUT2D eigenvalue weighted by Crippen LogP contribution is -2.13. The van der Waals surface area contributed by atoms with Gasteiger partial charge in [0.15, 0.2) is 5.75 Å². The fourth-order valence-electron chi connectivity index (χ4n) is 1.38. The van der Waals surface area contributed by atoms with Crippen molar-refractivity contribution >= 4 is 15.9 Å². The van der Waals surface area contributed by atoms with Crippen LogP contribution in [0.15, 0.2) is 28.0 Å². The van der Waals surface area contributed by atoms with Crippen molar-refractivity contribution in [3.05, 3.63) is 33.4 Å². The molecule has 0 aromatic carbocycles. The highest BCUT2D eigenvalue weighted by atomic mass is 79.9. The molecule has 0 N–H and O–H groups in total. The van der Waals surface area contributed by atoms with Crippen LogP contribution in [0.4, 0.5) is 0 Å². The van der Waals surface area contributed by atoms with Gasteiger partial charge in [0.1, 0.15) is 11.2 Å². The third kappa shape index (κ3) is 9.54. The molecule has 122 valence electrons. The van der Waals surface area contributed by atoms with Crippen molar-refractivity contribution in [3.63, 3.8) is 0 Å². The summed E-state index contributed by atoms with van der Waals surface area (Å²) in [4.78, 5) is 6.68. The molecule has 0 spiro atoms. The van der Waals surface area contributed by atoms with Gasteiger partial charge in [-0.05, 0) is 33.6 Å². The molecule has 0 unspecified atom stereocenters. The van der Waals surface area contributed by atoms with E-state index in [1.807, 2.05) is 12.1 Å². The van der Waals surface area contributed by atoms with Gasteiger partial charge in [-0.2, -0.15) is 0 Å². The standard InChI is InChI=1S/C13H19BrN4O4/c14-13-12(2-1-3-16-13)22-11-10-21-9-8-20-7-6-19-5-4-17-18-15/h1-3H,4-11H2. The molecular formula is C13H19BrN4O4. The number of azide groups is 1. The number of hydrogen-bond acceptors (Lipinski definition) is 6. The van der Waals surface area contributed by atoms with Crippen molar-refractivity contribution in [1.82, 2.24) is 4.98 Å². The van der Waals surface area contributed by atoms with Gasteiger partial charge in [-0.3, -0.25) is 0 Å². The molecule has 1 aromatic rings. The number of aromatic nitrogens is 1. The van der Waals surface area contributed by atoms with Crippen LogP contribution >= 0.6 is 15.9 Å². The SMILES string of the molecule is [N-]=[N+]=NCCOCCOCCOCCOc1cccnc1Br. The molecule has 0 fully saturated rings. The summed E-state index contributed by atoms with van der Waals surface area (Å²) in [6, 6.07) is 3.64. The third-order valence-corrected chi connectivity index (χ3v) is 2.95. The first-order valence-corrected chi connectivity index (χ1v) is 7.61. The Hall–Kier alpha value is -1.38. The summed E-state index contributed by atoms with van der Waals surface area (Å²) in [5.41, 5.74) is 8.06. The average molecular weight is 375 g/mol. The van der Waals surface area contributed by atoms with Gasteiger partial charge in [0.25, 0.3) is 0 Å². The lowest BCUT2D eigenvalue weighted by atomic mass is 10.5. The molecule has 0 bridgehead atoms. The van der Waals surface area contributed by atoms with Crippen molar-refractivity contribution in [2.75, 3.05) is 52.8 Å². The van der Waals surface area contributed by atoms with E-state index in [2.05, 4.69) is 30.9 Å². The zero-order chi connectivity index (χ0) is 15.9. The molecule has 0 aliphatic rings. The van der Waals surface area contributed by atoms with E-state index >= 15 is 0 Å². The first-order chi connectivity index (χ1) is 10.8. The van der Waals surface area contributed by atoms with Crippen molar-refractivity contribution in [3.8, 4) is 5.75 Å². The summed E-state index contributed by atoms with van der Waals surface area (Å²) >= 11 is 3.30. The van der Waals surface area contributed by atoms with Gasteiger partial charge in [-0.25, -0.2) is 4.98 Å². The van der Waals surface area contributed by atoms with E-state index < -0.39 is 0 Å². The quantitative estimate of drug-likeness (QED) is 0.174. The maximum absolute atomic E-state index is 8.06. The van der Waals surface area contributed by atoms with E-state index in [-0.39, 0.29) is 0 Å². The minimum atomic E-state index is 0.340. The predicted octanol–water partition coefficient (Wildman–Crippen LogP) is 2.58. The molecule has 0 radical (unpaired) electrons. The average Bonchev–Trinajstić information content (AvgIpc) is 2.53. The summed E-state index contributed by atoms with van der Waals surface area (Å²) < 4.78 is 22.0. The molecule has 1 rings (SSSR count). The second-order valence-corrected chi connectivity index (χ2v) is 4.68. The number of hydrogen-bond donors (Lipinski definition) is 0. The Bertz CT molecular complexity index is 457. The summed E-state index contributed by atoms with van der Waals surface area (Å²) in [5, 5.41) is 3.35. The van der Waals surface area contributed by atoms with Crippen molar-refractivity contribution < 1.29 is 18.9 Å². The van der Waals surface area contributed by atoms with E-state index in [1.165, 1.54) is 0 Å². The number of ether oxygens (including phenoxy) is 4. The van der Waals surface area contributed by atoms with Crippen molar-refractivity contribution in [1.29, 1.82) is 0 Å². The van der Waals surface area contributed by atoms with Crippen molar-refractivity contribution in [2.45, 2.75) is 0 Å². The predicted molar refractivity (Wildman–Crippen MR) is 83.9 cm³/mol. The number of halogens is 1. The van der Waals surface area contributed by atoms with Gasteiger partial charge in [0.2, 0.25) is 0 Å². The first-order valence-electron chi connectivity index (χ1n) is 6.82. The molecule has 0 saturated heterocycles. The highest BCUT2D eigenvalue weighted by Crippen LogP contribution is 2.20. The summed E-state index contributed by atoms with van der Waals surface area (Å²) in [5.74, 6) is 0.695. The fraction of sp³-hybridized carbons (Fsp3) is 0.615. The van der Waals surface area contributed by atoms with Gasteiger partial charge < -0.3 is 18.9 Å². The van der Waals surface area contributed by atoms with Crippen LogP contribution in [-0.4, -0.2) is 57.8 Å². The van der Waals surface area contributed by atoms with Gasteiger partial charge >= 0.3 is 0 Å². The van der Waals surface area contributed by atoms with Gasteiger partial charge in [0.05, 0.1) is 39.6 Å². The van der Waals surface area contributed by atoms with Crippen LogP contribution in [0.1, 0.15) is 0 Å².